The van der Waals surface area contributed by atoms with Crippen LogP contribution < -0.4 is 5.32 Å². The molecule has 2 aromatic rings. The Bertz CT molecular complexity index is 1030. The molecule has 5 rings (SSSR count). The summed E-state index contributed by atoms with van der Waals surface area (Å²) in [7, 11) is 0. The number of rotatable bonds is 7. The molecule has 3 aliphatic carbocycles. The molecule has 0 unspecified atom stereocenters. The molecule has 178 valence electrons. The Morgan fingerprint density at radius 1 is 1.06 bits per heavy atom. The lowest BCUT2D eigenvalue weighted by Gasteiger charge is -2.26. The molecule has 1 heterocycles. The first kappa shape index (κ1) is 22.6. The predicted octanol–water partition coefficient (Wildman–Crippen LogP) is 7.32. The smallest absolute Gasteiger partial charge is 0.263 e. The maximum Gasteiger partial charge on any atom is 0.263 e. The summed E-state index contributed by atoms with van der Waals surface area (Å²) in [6, 6.07) is 7.64. The molecule has 1 amide bonds. The molecule has 0 saturated heterocycles. The zero-order valence-electron chi connectivity index (χ0n) is 19.9. The van der Waals surface area contributed by atoms with Gasteiger partial charge in [-0.25, -0.2) is 8.78 Å². The molecule has 1 aromatic heterocycles. The fourth-order valence-electron chi connectivity index (χ4n) is 5.54. The second-order valence-electron chi connectivity index (χ2n) is 10.9. The largest absolute Gasteiger partial charge is 0.349 e. The normalized spacial score (nSPS) is 20.6. The number of nitrogens with zero attached hydrogens (tertiary/aromatic N) is 1. The van der Waals surface area contributed by atoms with E-state index in [9.17, 15) is 13.6 Å². The van der Waals surface area contributed by atoms with Crippen molar-refractivity contribution in [3.63, 3.8) is 0 Å². The Hall–Kier alpha value is -2.17. The van der Waals surface area contributed by atoms with Crippen molar-refractivity contribution in [1.29, 1.82) is 0 Å². The van der Waals surface area contributed by atoms with Crippen molar-refractivity contribution in [3.8, 4) is 11.3 Å². The number of aromatic nitrogens is 1. The Morgan fingerprint density at radius 2 is 1.79 bits per heavy atom. The van der Waals surface area contributed by atoms with Crippen molar-refractivity contribution in [1.82, 2.24) is 9.88 Å². The molecular formula is C28H36F2N2O. The van der Waals surface area contributed by atoms with Gasteiger partial charge in [-0.05, 0) is 98.6 Å². The Balaban J connectivity index is 1.56. The van der Waals surface area contributed by atoms with E-state index in [1.807, 2.05) is 13.0 Å². The maximum absolute atomic E-state index is 13.9. The Kier molecular flexibility index (Phi) is 6.09. The van der Waals surface area contributed by atoms with Gasteiger partial charge < -0.3 is 9.88 Å². The number of nitrogens with one attached hydrogen (secondary N) is 1. The van der Waals surface area contributed by atoms with E-state index >= 15 is 0 Å². The third-order valence-corrected chi connectivity index (χ3v) is 8.42. The van der Waals surface area contributed by atoms with Gasteiger partial charge in [-0.3, -0.25) is 4.79 Å². The molecule has 5 heteroatoms. The van der Waals surface area contributed by atoms with Crippen LogP contribution in [0.3, 0.4) is 0 Å². The summed E-state index contributed by atoms with van der Waals surface area (Å²) in [5.41, 5.74) is 4.45. The molecule has 3 saturated carbocycles. The monoisotopic (exact) mass is 454 g/mol. The van der Waals surface area contributed by atoms with E-state index in [1.54, 1.807) is 12.1 Å². The van der Waals surface area contributed by atoms with Crippen molar-refractivity contribution in [2.24, 2.45) is 5.92 Å². The van der Waals surface area contributed by atoms with Crippen LogP contribution in [0.5, 0.6) is 0 Å². The Labute approximate surface area is 196 Å². The van der Waals surface area contributed by atoms with Gasteiger partial charge in [-0.1, -0.05) is 26.2 Å². The molecule has 3 nitrogen and oxygen atoms in total. The summed E-state index contributed by atoms with van der Waals surface area (Å²) in [6.45, 7) is 5.02. The van der Waals surface area contributed by atoms with E-state index < -0.39 is 6.43 Å². The fourth-order valence-corrected chi connectivity index (χ4v) is 5.54. The van der Waals surface area contributed by atoms with Crippen molar-refractivity contribution in [2.45, 2.75) is 102 Å². The molecule has 3 aliphatic rings. The maximum atomic E-state index is 13.9. The number of halogens is 2. The van der Waals surface area contributed by atoms with E-state index in [2.05, 4.69) is 22.9 Å². The number of hydrogen-bond acceptors (Lipinski definition) is 1. The van der Waals surface area contributed by atoms with Gasteiger partial charge in [-0.15, -0.1) is 0 Å². The lowest BCUT2D eigenvalue weighted by molar-refractivity contribution is 0.0916. The minimum atomic E-state index is -2.50. The SMILES string of the molecule is Cc1c(C(=O)NC2CCC2)cc(-c2cc(C(F)F)cc(C3(C)CC3)c2)n1CC1CCCCC1. The minimum absolute atomic E-state index is 0.0000838. The van der Waals surface area contributed by atoms with E-state index in [4.69, 9.17) is 0 Å². The third kappa shape index (κ3) is 4.61. The van der Waals surface area contributed by atoms with Crippen LogP contribution in [0, 0.1) is 12.8 Å². The molecule has 0 spiro atoms. The topological polar surface area (TPSA) is 34.0 Å². The molecule has 0 bridgehead atoms. The highest BCUT2D eigenvalue weighted by molar-refractivity contribution is 5.97. The van der Waals surface area contributed by atoms with Gasteiger partial charge in [0.05, 0.1) is 5.56 Å². The summed E-state index contributed by atoms with van der Waals surface area (Å²) < 4.78 is 30.0. The second kappa shape index (κ2) is 8.88. The van der Waals surface area contributed by atoms with Crippen LogP contribution in [-0.2, 0) is 12.0 Å². The predicted molar refractivity (Wildman–Crippen MR) is 128 cm³/mol. The summed E-state index contributed by atoms with van der Waals surface area (Å²) in [5.74, 6) is 0.546. The first-order valence-corrected chi connectivity index (χ1v) is 12.8. The van der Waals surface area contributed by atoms with Crippen LogP contribution in [0.25, 0.3) is 11.3 Å². The second-order valence-corrected chi connectivity index (χ2v) is 10.9. The minimum Gasteiger partial charge on any atom is -0.349 e. The quantitative estimate of drug-likeness (QED) is 0.467. The van der Waals surface area contributed by atoms with E-state index in [0.717, 1.165) is 54.7 Å². The number of carbonyl (C=O) groups excluding carboxylic acids is 1. The number of amides is 1. The highest BCUT2D eigenvalue weighted by atomic mass is 19.3. The first-order chi connectivity index (χ1) is 15.8. The van der Waals surface area contributed by atoms with Crippen LogP contribution in [0.4, 0.5) is 8.78 Å². The first-order valence-electron chi connectivity index (χ1n) is 12.8. The highest BCUT2D eigenvalue weighted by Crippen LogP contribution is 2.49. The molecule has 0 radical (unpaired) electrons. The molecule has 3 fully saturated rings. The molecule has 33 heavy (non-hydrogen) atoms. The van der Waals surface area contributed by atoms with Gasteiger partial charge in [-0.2, -0.15) is 0 Å². The van der Waals surface area contributed by atoms with Crippen molar-refractivity contribution in [2.75, 3.05) is 0 Å². The number of benzene rings is 1. The standard InChI is InChI=1S/C28H36F2N2O/c1-18-24(27(33)31-23-9-6-10-23)16-25(32(18)17-19-7-4-3-5-8-19)20-13-21(26(29)30)15-22(14-20)28(2)11-12-28/h13-16,19,23,26H,3-12,17H2,1-2H3,(H,31,33). The van der Waals surface area contributed by atoms with Gasteiger partial charge in [0.25, 0.3) is 12.3 Å². The number of hydrogen-bond donors (Lipinski definition) is 1. The third-order valence-electron chi connectivity index (χ3n) is 8.42. The van der Waals surface area contributed by atoms with Gasteiger partial charge in [0.2, 0.25) is 0 Å². The highest BCUT2D eigenvalue weighted by Gasteiger charge is 2.40. The van der Waals surface area contributed by atoms with Gasteiger partial charge >= 0.3 is 0 Å². The van der Waals surface area contributed by atoms with E-state index in [1.165, 1.54) is 38.5 Å². The average Bonchev–Trinajstić information content (AvgIpc) is 3.46. The zero-order valence-corrected chi connectivity index (χ0v) is 19.9. The van der Waals surface area contributed by atoms with Gasteiger partial charge in [0, 0.05) is 29.5 Å². The number of carbonyl (C=O) groups is 1. The van der Waals surface area contributed by atoms with Crippen molar-refractivity contribution in [3.05, 3.63) is 46.6 Å². The lowest BCUT2D eigenvalue weighted by atomic mass is 9.89. The summed E-state index contributed by atoms with van der Waals surface area (Å²) in [4.78, 5) is 13.1. The average molecular weight is 455 g/mol. The van der Waals surface area contributed by atoms with E-state index in [0.29, 0.717) is 11.5 Å². The van der Waals surface area contributed by atoms with Crippen LogP contribution >= 0.6 is 0 Å². The van der Waals surface area contributed by atoms with Crippen molar-refractivity contribution >= 4 is 5.91 Å². The summed E-state index contributed by atoms with van der Waals surface area (Å²) >= 11 is 0. The molecule has 1 N–H and O–H groups in total. The zero-order chi connectivity index (χ0) is 23.2. The van der Waals surface area contributed by atoms with Crippen LogP contribution in [0.2, 0.25) is 0 Å². The van der Waals surface area contributed by atoms with Crippen LogP contribution in [-0.4, -0.2) is 16.5 Å². The van der Waals surface area contributed by atoms with Gasteiger partial charge in [0.1, 0.15) is 0 Å². The van der Waals surface area contributed by atoms with Crippen LogP contribution in [0.1, 0.15) is 105 Å². The molecule has 0 aliphatic heterocycles. The van der Waals surface area contributed by atoms with Crippen molar-refractivity contribution < 1.29 is 13.6 Å². The van der Waals surface area contributed by atoms with E-state index in [-0.39, 0.29) is 22.9 Å². The summed E-state index contributed by atoms with van der Waals surface area (Å²) in [5, 5.41) is 3.17. The molecular weight excluding hydrogens is 418 g/mol. The molecule has 1 aromatic carbocycles. The summed E-state index contributed by atoms with van der Waals surface area (Å²) in [6.07, 6.45) is 9.00. The number of alkyl halides is 2. The Morgan fingerprint density at radius 3 is 2.39 bits per heavy atom. The van der Waals surface area contributed by atoms with Crippen LogP contribution in [0.15, 0.2) is 24.3 Å². The lowest BCUT2D eigenvalue weighted by Crippen LogP contribution is -2.39. The molecule has 0 atom stereocenters. The fraction of sp³-hybridized carbons (Fsp3) is 0.607. The van der Waals surface area contributed by atoms with Gasteiger partial charge in [0.15, 0.2) is 0 Å².